The van der Waals surface area contributed by atoms with Crippen molar-refractivity contribution in [1.29, 1.82) is 0 Å². The van der Waals surface area contributed by atoms with Crippen LogP contribution in [0.1, 0.15) is 10.4 Å². The monoisotopic (exact) mass is 236 g/mol. The summed E-state index contributed by atoms with van der Waals surface area (Å²) in [7, 11) is 1.47. The standard InChI is InChI=1S/C8H7BrO3.Li/c1-12-5-2-3-7(9)6(4-5)8(10)11;/h2-4H,1H3,(H,10,11);/q;+1/p-1. The maximum atomic E-state index is 10.5. The summed E-state index contributed by atoms with van der Waals surface area (Å²) in [6.45, 7) is 0. The summed E-state index contributed by atoms with van der Waals surface area (Å²) in [5.74, 6) is -0.724. The molecule has 0 spiro atoms. The van der Waals surface area contributed by atoms with Crippen LogP contribution in [0.4, 0.5) is 0 Å². The Morgan fingerprint density at radius 3 is 2.62 bits per heavy atom. The summed E-state index contributed by atoms with van der Waals surface area (Å²) < 4.78 is 5.34. The van der Waals surface area contributed by atoms with Crippen LogP contribution in [0.25, 0.3) is 0 Å². The van der Waals surface area contributed by atoms with Gasteiger partial charge < -0.3 is 14.6 Å². The Hall–Kier alpha value is -0.433. The van der Waals surface area contributed by atoms with Crippen molar-refractivity contribution in [1.82, 2.24) is 0 Å². The molecule has 0 amide bonds. The Labute approximate surface area is 96.4 Å². The molecule has 0 saturated carbocycles. The number of ether oxygens (including phenoxy) is 1. The van der Waals surface area contributed by atoms with E-state index < -0.39 is 5.97 Å². The normalized spacial score (nSPS) is 8.77. The summed E-state index contributed by atoms with van der Waals surface area (Å²) in [5.41, 5.74) is 0.0920. The van der Waals surface area contributed by atoms with Crippen molar-refractivity contribution in [3.05, 3.63) is 28.2 Å². The van der Waals surface area contributed by atoms with Crippen molar-refractivity contribution < 1.29 is 33.5 Å². The molecular formula is C8H6BrLiO3. The van der Waals surface area contributed by atoms with Gasteiger partial charge in [0, 0.05) is 10.0 Å². The smallest absolute Gasteiger partial charge is 0.545 e. The van der Waals surface area contributed by atoms with Crippen LogP contribution in [0.2, 0.25) is 0 Å². The zero-order valence-electron chi connectivity index (χ0n) is 7.33. The fourth-order valence-corrected chi connectivity index (χ4v) is 1.20. The van der Waals surface area contributed by atoms with Crippen molar-refractivity contribution in [3.8, 4) is 5.75 Å². The fourth-order valence-electron chi connectivity index (χ4n) is 0.788. The first kappa shape index (κ1) is 12.6. The number of halogens is 1. The molecule has 0 aliphatic carbocycles. The average molecular weight is 237 g/mol. The second-order valence-electron chi connectivity index (χ2n) is 2.13. The van der Waals surface area contributed by atoms with E-state index in [-0.39, 0.29) is 24.4 Å². The number of rotatable bonds is 2. The second-order valence-corrected chi connectivity index (χ2v) is 2.99. The number of hydrogen-bond acceptors (Lipinski definition) is 3. The third-order valence-corrected chi connectivity index (χ3v) is 2.08. The van der Waals surface area contributed by atoms with Crippen LogP contribution >= 0.6 is 15.9 Å². The first-order valence-electron chi connectivity index (χ1n) is 3.20. The molecule has 0 heterocycles. The van der Waals surface area contributed by atoms with E-state index in [1.165, 1.54) is 13.2 Å². The Balaban J connectivity index is 0.00000144. The molecule has 0 aliphatic heterocycles. The zero-order valence-corrected chi connectivity index (χ0v) is 8.92. The van der Waals surface area contributed by atoms with E-state index >= 15 is 0 Å². The van der Waals surface area contributed by atoms with Crippen LogP contribution < -0.4 is 28.7 Å². The summed E-state index contributed by atoms with van der Waals surface area (Å²) in [6.07, 6.45) is 0. The van der Waals surface area contributed by atoms with Gasteiger partial charge in [-0.25, -0.2) is 0 Å². The van der Waals surface area contributed by atoms with E-state index in [1.54, 1.807) is 12.1 Å². The van der Waals surface area contributed by atoms with E-state index in [0.29, 0.717) is 10.2 Å². The van der Waals surface area contributed by atoms with Crippen LogP contribution in [-0.4, -0.2) is 13.1 Å². The van der Waals surface area contributed by atoms with Crippen molar-refractivity contribution in [2.45, 2.75) is 0 Å². The predicted molar refractivity (Wildman–Crippen MR) is 45.0 cm³/mol. The fraction of sp³-hybridized carbons (Fsp3) is 0.125. The molecular weight excluding hydrogens is 231 g/mol. The molecule has 13 heavy (non-hydrogen) atoms. The zero-order chi connectivity index (χ0) is 9.14. The molecule has 0 radical (unpaired) electrons. The minimum absolute atomic E-state index is 0. The Bertz CT molecular complexity index is 314. The average Bonchev–Trinajstić information content (AvgIpc) is 2.05. The minimum Gasteiger partial charge on any atom is -0.545 e. The molecule has 0 fully saturated rings. The maximum absolute atomic E-state index is 10.5. The second kappa shape index (κ2) is 5.33. The van der Waals surface area contributed by atoms with Crippen molar-refractivity contribution >= 4 is 21.9 Å². The van der Waals surface area contributed by atoms with Crippen LogP contribution in [-0.2, 0) is 0 Å². The molecule has 0 atom stereocenters. The van der Waals surface area contributed by atoms with E-state index in [2.05, 4.69) is 15.9 Å². The van der Waals surface area contributed by atoms with Gasteiger partial charge in [0.25, 0.3) is 0 Å². The first-order chi connectivity index (χ1) is 5.65. The van der Waals surface area contributed by atoms with E-state index in [4.69, 9.17) is 4.74 Å². The number of carboxylic acid groups (broad SMARTS) is 1. The summed E-state index contributed by atoms with van der Waals surface area (Å²) in [6, 6.07) is 4.67. The molecule has 5 heteroatoms. The molecule has 1 aromatic rings. The quantitative estimate of drug-likeness (QED) is 0.550. The molecule has 0 unspecified atom stereocenters. The van der Waals surface area contributed by atoms with Crippen molar-refractivity contribution in [2.75, 3.05) is 7.11 Å². The van der Waals surface area contributed by atoms with Crippen LogP contribution in [0.15, 0.2) is 22.7 Å². The van der Waals surface area contributed by atoms with Crippen LogP contribution in [0, 0.1) is 0 Å². The van der Waals surface area contributed by atoms with Gasteiger partial charge in [0.2, 0.25) is 0 Å². The Morgan fingerprint density at radius 1 is 1.54 bits per heavy atom. The molecule has 1 rings (SSSR count). The number of carbonyl (C=O) groups excluding carboxylic acids is 1. The SMILES string of the molecule is COc1ccc(Br)c(C(=O)[O-])c1.[Li+]. The first-order valence-corrected chi connectivity index (χ1v) is 3.99. The molecule has 0 bridgehead atoms. The molecule has 0 aromatic heterocycles. The third-order valence-electron chi connectivity index (χ3n) is 1.39. The number of aromatic carboxylic acids is 1. The van der Waals surface area contributed by atoms with E-state index in [0.717, 1.165) is 0 Å². The van der Waals surface area contributed by atoms with E-state index in [1.807, 2.05) is 0 Å². The van der Waals surface area contributed by atoms with Gasteiger partial charge in [0.05, 0.1) is 13.1 Å². The third kappa shape index (κ3) is 3.07. The van der Waals surface area contributed by atoms with Gasteiger partial charge in [-0.05, 0) is 18.2 Å². The molecule has 1 aromatic carbocycles. The maximum Gasteiger partial charge on any atom is 1.00 e. The molecule has 0 aliphatic rings. The minimum atomic E-state index is -1.22. The van der Waals surface area contributed by atoms with Crippen molar-refractivity contribution in [3.63, 3.8) is 0 Å². The van der Waals surface area contributed by atoms with Crippen LogP contribution in [0.5, 0.6) is 5.75 Å². The largest absolute Gasteiger partial charge is 1.00 e. The van der Waals surface area contributed by atoms with Crippen LogP contribution in [0.3, 0.4) is 0 Å². The van der Waals surface area contributed by atoms with Gasteiger partial charge in [-0.3, -0.25) is 0 Å². The van der Waals surface area contributed by atoms with Gasteiger partial charge >= 0.3 is 18.9 Å². The van der Waals surface area contributed by atoms with Gasteiger partial charge in [0.1, 0.15) is 5.75 Å². The number of carbonyl (C=O) groups is 1. The number of hydrogen-bond donors (Lipinski definition) is 0. The van der Waals surface area contributed by atoms with Crippen molar-refractivity contribution in [2.24, 2.45) is 0 Å². The summed E-state index contributed by atoms with van der Waals surface area (Å²) >= 11 is 3.08. The van der Waals surface area contributed by atoms with Gasteiger partial charge in [0.15, 0.2) is 0 Å². The molecule has 3 nitrogen and oxygen atoms in total. The van der Waals surface area contributed by atoms with Gasteiger partial charge in [-0.1, -0.05) is 15.9 Å². The van der Waals surface area contributed by atoms with Gasteiger partial charge in [-0.15, -0.1) is 0 Å². The number of methoxy groups -OCH3 is 1. The topological polar surface area (TPSA) is 49.4 Å². The number of benzene rings is 1. The summed E-state index contributed by atoms with van der Waals surface area (Å²) in [4.78, 5) is 10.5. The molecule has 64 valence electrons. The Kier molecular flexibility index (Phi) is 5.15. The van der Waals surface area contributed by atoms with E-state index in [9.17, 15) is 9.90 Å². The predicted octanol–water partition coefficient (Wildman–Crippen LogP) is -2.17. The number of carboxylic acids is 1. The van der Waals surface area contributed by atoms with Gasteiger partial charge in [-0.2, -0.15) is 0 Å². The Morgan fingerprint density at radius 2 is 2.15 bits per heavy atom. The summed E-state index contributed by atoms with van der Waals surface area (Å²) in [5, 5.41) is 10.5. The molecule has 0 saturated heterocycles. The molecule has 0 N–H and O–H groups in total.